The molecule has 0 aliphatic rings. The van der Waals surface area contributed by atoms with Crippen molar-refractivity contribution in [3.8, 4) is 5.69 Å². The van der Waals surface area contributed by atoms with Crippen molar-refractivity contribution in [2.45, 2.75) is 13.1 Å². The average molecular weight is 354 g/mol. The van der Waals surface area contributed by atoms with Gasteiger partial charge in [-0.1, -0.05) is 23.2 Å². The molecule has 0 spiro atoms. The predicted molar refractivity (Wildman–Crippen MR) is 76.2 cm³/mol. The van der Waals surface area contributed by atoms with E-state index in [1.54, 1.807) is 6.92 Å². The standard InChI is InChI=1S/C12H8Cl2F3N3O2/c1-5-7(13)2-6(3-8(5)14)19-10(21)4-9(12(15,16)17)20(18)11(19)22/h2-4H,18H2,1H3. The van der Waals surface area contributed by atoms with Crippen LogP contribution < -0.4 is 17.1 Å². The first kappa shape index (κ1) is 16.4. The van der Waals surface area contributed by atoms with Crippen molar-refractivity contribution < 1.29 is 13.2 Å². The van der Waals surface area contributed by atoms with E-state index in [-0.39, 0.29) is 26.5 Å². The minimum absolute atomic E-state index is 0.0801. The Kier molecular flexibility index (Phi) is 4.01. The maximum atomic E-state index is 12.7. The Labute approximate surface area is 131 Å². The second-order valence-corrected chi connectivity index (χ2v) is 5.20. The Bertz CT molecular complexity index is 848. The molecule has 10 heteroatoms. The molecule has 2 aromatic rings. The molecular weight excluding hydrogens is 346 g/mol. The highest BCUT2D eigenvalue weighted by Gasteiger charge is 2.35. The SMILES string of the molecule is Cc1c(Cl)cc(-n2c(=O)cc(C(F)(F)F)n(N)c2=O)cc1Cl. The maximum Gasteiger partial charge on any atom is 0.433 e. The van der Waals surface area contributed by atoms with Crippen LogP contribution in [-0.4, -0.2) is 9.24 Å². The molecule has 0 unspecified atom stereocenters. The maximum absolute atomic E-state index is 12.7. The number of nitrogens with zero attached hydrogens (tertiary/aromatic N) is 2. The molecule has 0 aliphatic carbocycles. The summed E-state index contributed by atoms with van der Waals surface area (Å²) in [6.45, 7) is 1.60. The van der Waals surface area contributed by atoms with Gasteiger partial charge in [0.25, 0.3) is 5.56 Å². The lowest BCUT2D eigenvalue weighted by molar-refractivity contribution is -0.143. The Morgan fingerprint density at radius 3 is 2.05 bits per heavy atom. The molecular formula is C12H8Cl2F3N3O2. The second kappa shape index (κ2) is 5.36. The molecule has 1 heterocycles. The number of alkyl halides is 3. The average Bonchev–Trinajstić information content (AvgIpc) is 2.39. The van der Waals surface area contributed by atoms with Crippen LogP contribution in [0, 0.1) is 6.92 Å². The van der Waals surface area contributed by atoms with Gasteiger partial charge in [0, 0.05) is 16.1 Å². The number of nitrogens with two attached hydrogens (primary N) is 1. The van der Waals surface area contributed by atoms with Crippen LogP contribution in [0.5, 0.6) is 0 Å². The zero-order valence-corrected chi connectivity index (χ0v) is 12.4. The van der Waals surface area contributed by atoms with E-state index < -0.39 is 23.1 Å². The van der Waals surface area contributed by atoms with Crippen molar-refractivity contribution in [2.24, 2.45) is 0 Å². The Hall–Kier alpha value is -1.93. The minimum atomic E-state index is -4.94. The lowest BCUT2D eigenvalue weighted by Crippen LogP contribution is -2.45. The summed E-state index contributed by atoms with van der Waals surface area (Å²) in [4.78, 5) is 23.9. The monoisotopic (exact) mass is 353 g/mol. The van der Waals surface area contributed by atoms with Gasteiger partial charge in [-0.2, -0.15) is 13.2 Å². The fourth-order valence-corrected chi connectivity index (χ4v) is 2.25. The van der Waals surface area contributed by atoms with Crippen molar-refractivity contribution >= 4 is 23.2 Å². The van der Waals surface area contributed by atoms with Crippen LogP contribution in [0.2, 0.25) is 10.0 Å². The van der Waals surface area contributed by atoms with Gasteiger partial charge in [0.05, 0.1) is 5.69 Å². The van der Waals surface area contributed by atoms with Gasteiger partial charge in [-0.05, 0) is 24.6 Å². The van der Waals surface area contributed by atoms with Gasteiger partial charge in [-0.25, -0.2) is 14.0 Å². The molecule has 1 aromatic heterocycles. The second-order valence-electron chi connectivity index (χ2n) is 4.39. The summed E-state index contributed by atoms with van der Waals surface area (Å²) >= 11 is 11.8. The number of aromatic nitrogens is 2. The molecule has 0 amide bonds. The molecule has 0 saturated heterocycles. The molecule has 0 bridgehead atoms. The van der Waals surface area contributed by atoms with E-state index >= 15 is 0 Å². The van der Waals surface area contributed by atoms with Gasteiger partial charge in [0.15, 0.2) is 5.69 Å². The zero-order chi connectivity index (χ0) is 16.8. The third-order valence-electron chi connectivity index (χ3n) is 2.95. The van der Waals surface area contributed by atoms with Crippen molar-refractivity contribution in [3.63, 3.8) is 0 Å². The van der Waals surface area contributed by atoms with Crippen LogP contribution in [0.3, 0.4) is 0 Å². The van der Waals surface area contributed by atoms with E-state index in [4.69, 9.17) is 29.0 Å². The summed E-state index contributed by atoms with van der Waals surface area (Å²) in [5.41, 5.74) is -3.70. The van der Waals surface area contributed by atoms with Gasteiger partial charge in [-0.3, -0.25) is 4.79 Å². The fraction of sp³-hybridized carbons (Fsp3) is 0.167. The summed E-state index contributed by atoms with van der Waals surface area (Å²) < 4.78 is 38.4. The summed E-state index contributed by atoms with van der Waals surface area (Å²) in [7, 11) is 0. The molecule has 5 nitrogen and oxygen atoms in total. The Morgan fingerprint density at radius 2 is 1.59 bits per heavy atom. The third-order valence-corrected chi connectivity index (χ3v) is 3.74. The van der Waals surface area contributed by atoms with Gasteiger partial charge in [-0.15, -0.1) is 0 Å². The van der Waals surface area contributed by atoms with Crippen molar-refractivity contribution in [2.75, 3.05) is 5.84 Å². The minimum Gasteiger partial charge on any atom is -0.335 e. The molecule has 0 saturated carbocycles. The van der Waals surface area contributed by atoms with Gasteiger partial charge < -0.3 is 5.84 Å². The largest absolute Gasteiger partial charge is 0.433 e. The van der Waals surface area contributed by atoms with Crippen LogP contribution >= 0.6 is 23.2 Å². The van der Waals surface area contributed by atoms with Gasteiger partial charge in [0.2, 0.25) is 0 Å². The lowest BCUT2D eigenvalue weighted by Gasteiger charge is -2.14. The number of benzene rings is 1. The summed E-state index contributed by atoms with van der Waals surface area (Å²) in [6, 6.07) is 2.70. The Balaban J connectivity index is 2.82. The topological polar surface area (TPSA) is 70.0 Å². The van der Waals surface area contributed by atoms with Crippen LogP contribution in [0.1, 0.15) is 11.3 Å². The molecule has 2 rings (SSSR count). The van der Waals surface area contributed by atoms with Gasteiger partial charge in [0.1, 0.15) is 0 Å². The number of nitrogen functional groups attached to an aromatic ring is 1. The summed E-state index contributed by atoms with van der Waals surface area (Å²) in [5, 5.41) is 0.300. The Morgan fingerprint density at radius 1 is 1.09 bits per heavy atom. The van der Waals surface area contributed by atoms with E-state index in [1.165, 1.54) is 12.1 Å². The smallest absolute Gasteiger partial charge is 0.335 e. The number of hydrogen-bond donors (Lipinski definition) is 1. The zero-order valence-electron chi connectivity index (χ0n) is 10.9. The third kappa shape index (κ3) is 2.71. The normalized spacial score (nSPS) is 11.7. The number of halogens is 5. The van der Waals surface area contributed by atoms with E-state index in [1.807, 2.05) is 0 Å². The highest BCUT2D eigenvalue weighted by molar-refractivity contribution is 6.36. The molecule has 22 heavy (non-hydrogen) atoms. The van der Waals surface area contributed by atoms with Crippen LogP contribution in [-0.2, 0) is 6.18 Å². The van der Waals surface area contributed by atoms with E-state index in [2.05, 4.69) is 0 Å². The van der Waals surface area contributed by atoms with Crippen molar-refractivity contribution in [1.29, 1.82) is 0 Å². The van der Waals surface area contributed by atoms with Crippen molar-refractivity contribution in [1.82, 2.24) is 9.24 Å². The molecule has 0 radical (unpaired) electrons. The summed E-state index contributed by atoms with van der Waals surface area (Å²) in [6.07, 6.45) is -4.94. The quantitative estimate of drug-likeness (QED) is 0.800. The van der Waals surface area contributed by atoms with Gasteiger partial charge >= 0.3 is 11.9 Å². The first-order valence-corrected chi connectivity index (χ1v) is 6.47. The van der Waals surface area contributed by atoms with Crippen LogP contribution in [0.25, 0.3) is 5.69 Å². The van der Waals surface area contributed by atoms with Crippen LogP contribution in [0.15, 0.2) is 27.8 Å². The van der Waals surface area contributed by atoms with E-state index in [9.17, 15) is 22.8 Å². The highest BCUT2D eigenvalue weighted by atomic mass is 35.5. The molecule has 2 N–H and O–H groups in total. The predicted octanol–water partition coefficient (Wildman–Crippen LogP) is 2.35. The highest BCUT2D eigenvalue weighted by Crippen LogP contribution is 2.28. The van der Waals surface area contributed by atoms with Crippen LogP contribution in [0.4, 0.5) is 13.2 Å². The van der Waals surface area contributed by atoms with E-state index in [0.29, 0.717) is 10.1 Å². The van der Waals surface area contributed by atoms with Crippen molar-refractivity contribution in [3.05, 3.63) is 60.3 Å². The number of hydrogen-bond acceptors (Lipinski definition) is 3. The first-order chi connectivity index (χ1) is 10.0. The molecule has 0 fully saturated rings. The lowest BCUT2D eigenvalue weighted by atomic mass is 10.2. The molecule has 118 valence electrons. The molecule has 0 aliphatic heterocycles. The van der Waals surface area contributed by atoms with E-state index in [0.717, 1.165) is 0 Å². The molecule has 0 atom stereocenters. The molecule has 1 aromatic carbocycles. The number of rotatable bonds is 1. The fourth-order valence-electron chi connectivity index (χ4n) is 1.77. The first-order valence-electron chi connectivity index (χ1n) is 5.71. The summed E-state index contributed by atoms with van der Waals surface area (Å²) in [5.74, 6) is 5.14.